The Kier molecular flexibility index (Phi) is 5.73. The van der Waals surface area contributed by atoms with E-state index in [0.717, 1.165) is 22.6 Å². The van der Waals surface area contributed by atoms with E-state index in [-0.39, 0.29) is 6.04 Å². The van der Waals surface area contributed by atoms with Crippen molar-refractivity contribution in [1.29, 1.82) is 0 Å². The zero-order valence-corrected chi connectivity index (χ0v) is 13.8. The standard InChI is InChI=1S/C16H15BrClF2N/c1-2-21-16(14-4-3-11(18)8-15(14)17)7-10-5-12(19)9-13(20)6-10/h3-6,8-9,16,21H,2,7H2,1H3. The maximum atomic E-state index is 13.3. The summed E-state index contributed by atoms with van der Waals surface area (Å²) in [6, 6.07) is 9.07. The minimum absolute atomic E-state index is 0.0529. The molecule has 21 heavy (non-hydrogen) atoms. The Morgan fingerprint density at radius 1 is 1.14 bits per heavy atom. The molecule has 112 valence electrons. The summed E-state index contributed by atoms with van der Waals surface area (Å²) in [6.45, 7) is 2.74. The van der Waals surface area contributed by atoms with Gasteiger partial charge < -0.3 is 5.32 Å². The third kappa shape index (κ3) is 4.50. The van der Waals surface area contributed by atoms with Crippen molar-refractivity contribution in [2.24, 2.45) is 0 Å². The number of hydrogen-bond acceptors (Lipinski definition) is 1. The van der Waals surface area contributed by atoms with Crippen LogP contribution in [0, 0.1) is 11.6 Å². The SMILES string of the molecule is CCNC(Cc1cc(F)cc(F)c1)c1ccc(Cl)cc1Br. The highest BCUT2D eigenvalue weighted by Crippen LogP contribution is 2.29. The van der Waals surface area contributed by atoms with E-state index in [1.54, 1.807) is 6.07 Å². The minimum Gasteiger partial charge on any atom is -0.310 e. The monoisotopic (exact) mass is 373 g/mol. The molecule has 0 aromatic heterocycles. The van der Waals surface area contributed by atoms with Gasteiger partial charge in [-0.3, -0.25) is 0 Å². The third-order valence-corrected chi connectivity index (χ3v) is 4.07. The average molecular weight is 375 g/mol. The maximum absolute atomic E-state index is 13.3. The van der Waals surface area contributed by atoms with Gasteiger partial charge in [-0.1, -0.05) is 40.5 Å². The molecule has 1 nitrogen and oxygen atoms in total. The number of benzene rings is 2. The first-order valence-corrected chi connectivity index (χ1v) is 7.80. The van der Waals surface area contributed by atoms with Crippen molar-refractivity contribution in [1.82, 2.24) is 5.32 Å². The van der Waals surface area contributed by atoms with E-state index in [1.165, 1.54) is 12.1 Å². The first-order valence-electron chi connectivity index (χ1n) is 6.63. The topological polar surface area (TPSA) is 12.0 Å². The summed E-state index contributed by atoms with van der Waals surface area (Å²) in [5, 5.41) is 3.97. The van der Waals surface area contributed by atoms with Crippen LogP contribution in [0.3, 0.4) is 0 Å². The van der Waals surface area contributed by atoms with E-state index in [1.807, 2.05) is 19.1 Å². The second kappa shape index (κ2) is 7.34. The van der Waals surface area contributed by atoms with Gasteiger partial charge in [0.15, 0.2) is 0 Å². The molecular formula is C16H15BrClF2N. The maximum Gasteiger partial charge on any atom is 0.126 e. The van der Waals surface area contributed by atoms with Gasteiger partial charge in [0.05, 0.1) is 0 Å². The minimum atomic E-state index is -0.560. The lowest BCUT2D eigenvalue weighted by molar-refractivity contribution is 0.537. The molecular weight excluding hydrogens is 360 g/mol. The Hall–Kier alpha value is -0.970. The van der Waals surface area contributed by atoms with Crippen molar-refractivity contribution in [2.75, 3.05) is 6.54 Å². The van der Waals surface area contributed by atoms with Crippen LogP contribution in [0.5, 0.6) is 0 Å². The van der Waals surface area contributed by atoms with Crippen molar-refractivity contribution < 1.29 is 8.78 Å². The Labute approximate surface area is 136 Å². The summed E-state index contributed by atoms with van der Waals surface area (Å²) in [7, 11) is 0. The van der Waals surface area contributed by atoms with Crippen molar-refractivity contribution in [2.45, 2.75) is 19.4 Å². The van der Waals surface area contributed by atoms with E-state index in [2.05, 4.69) is 21.2 Å². The van der Waals surface area contributed by atoms with Crippen molar-refractivity contribution in [3.8, 4) is 0 Å². The molecule has 2 aromatic carbocycles. The molecule has 0 saturated heterocycles. The predicted octanol–water partition coefficient (Wildman–Crippen LogP) is 5.27. The van der Waals surface area contributed by atoms with Gasteiger partial charge in [0, 0.05) is 21.6 Å². The fourth-order valence-electron chi connectivity index (χ4n) is 2.29. The van der Waals surface area contributed by atoms with E-state index >= 15 is 0 Å². The summed E-state index contributed by atoms with van der Waals surface area (Å²) in [5.74, 6) is -1.12. The van der Waals surface area contributed by atoms with Crippen molar-refractivity contribution >= 4 is 27.5 Å². The van der Waals surface area contributed by atoms with E-state index < -0.39 is 11.6 Å². The summed E-state index contributed by atoms with van der Waals surface area (Å²) in [6.07, 6.45) is 0.489. The van der Waals surface area contributed by atoms with Gasteiger partial charge in [-0.2, -0.15) is 0 Å². The quantitative estimate of drug-likeness (QED) is 0.751. The first kappa shape index (κ1) is 16.4. The van der Waals surface area contributed by atoms with Gasteiger partial charge in [-0.05, 0) is 48.4 Å². The highest BCUT2D eigenvalue weighted by molar-refractivity contribution is 9.10. The molecule has 0 saturated carbocycles. The van der Waals surface area contributed by atoms with Crippen LogP contribution in [0.25, 0.3) is 0 Å². The molecule has 0 spiro atoms. The molecule has 0 amide bonds. The van der Waals surface area contributed by atoms with Gasteiger partial charge in [-0.25, -0.2) is 8.78 Å². The van der Waals surface area contributed by atoms with Crippen LogP contribution in [0.4, 0.5) is 8.78 Å². The van der Waals surface area contributed by atoms with Gasteiger partial charge in [-0.15, -0.1) is 0 Å². The van der Waals surface area contributed by atoms with Gasteiger partial charge in [0.25, 0.3) is 0 Å². The Morgan fingerprint density at radius 2 is 1.81 bits per heavy atom. The van der Waals surface area contributed by atoms with Crippen LogP contribution >= 0.6 is 27.5 Å². The molecule has 2 rings (SSSR count). The lowest BCUT2D eigenvalue weighted by Gasteiger charge is -2.20. The second-order valence-corrected chi connectivity index (χ2v) is 6.05. The first-order chi connectivity index (χ1) is 9.99. The van der Waals surface area contributed by atoms with Crippen LogP contribution in [-0.2, 0) is 6.42 Å². The molecule has 0 aliphatic heterocycles. The van der Waals surface area contributed by atoms with Crippen LogP contribution in [0.2, 0.25) is 5.02 Å². The Morgan fingerprint density at radius 3 is 2.38 bits per heavy atom. The average Bonchev–Trinajstić information content (AvgIpc) is 2.37. The number of hydrogen-bond donors (Lipinski definition) is 1. The molecule has 0 fully saturated rings. The van der Waals surface area contributed by atoms with Crippen LogP contribution in [0.1, 0.15) is 24.1 Å². The normalized spacial score (nSPS) is 12.4. The largest absolute Gasteiger partial charge is 0.310 e. The van der Waals surface area contributed by atoms with Crippen molar-refractivity contribution in [3.63, 3.8) is 0 Å². The number of rotatable bonds is 5. The molecule has 1 unspecified atom stereocenters. The highest BCUT2D eigenvalue weighted by Gasteiger charge is 2.15. The van der Waals surface area contributed by atoms with Crippen molar-refractivity contribution in [3.05, 3.63) is 68.7 Å². The van der Waals surface area contributed by atoms with E-state index in [9.17, 15) is 8.78 Å². The molecule has 1 N–H and O–H groups in total. The molecule has 0 heterocycles. The smallest absolute Gasteiger partial charge is 0.126 e. The second-order valence-electron chi connectivity index (χ2n) is 4.76. The number of halogens is 4. The van der Waals surface area contributed by atoms with Crippen LogP contribution < -0.4 is 5.32 Å². The Balaban J connectivity index is 2.30. The third-order valence-electron chi connectivity index (χ3n) is 3.15. The van der Waals surface area contributed by atoms with Crippen LogP contribution in [-0.4, -0.2) is 6.54 Å². The lowest BCUT2D eigenvalue weighted by atomic mass is 9.98. The summed E-state index contributed by atoms with van der Waals surface area (Å²) in [4.78, 5) is 0. The zero-order valence-electron chi connectivity index (χ0n) is 11.5. The zero-order chi connectivity index (χ0) is 15.4. The highest BCUT2D eigenvalue weighted by atomic mass is 79.9. The summed E-state index contributed by atoms with van der Waals surface area (Å²) >= 11 is 9.44. The Bertz CT molecular complexity index is 613. The van der Waals surface area contributed by atoms with Gasteiger partial charge in [0.2, 0.25) is 0 Å². The molecule has 5 heteroatoms. The molecule has 2 aromatic rings. The molecule has 0 bridgehead atoms. The summed E-state index contributed by atoms with van der Waals surface area (Å²) < 4.78 is 27.5. The predicted molar refractivity (Wildman–Crippen MR) is 85.6 cm³/mol. The molecule has 1 atom stereocenters. The molecule has 0 aliphatic carbocycles. The fourth-order valence-corrected chi connectivity index (χ4v) is 3.25. The fraction of sp³-hybridized carbons (Fsp3) is 0.250. The lowest BCUT2D eigenvalue weighted by Crippen LogP contribution is -2.23. The number of nitrogens with one attached hydrogen (secondary N) is 1. The van der Waals surface area contributed by atoms with Gasteiger partial charge in [0.1, 0.15) is 11.6 Å². The van der Waals surface area contributed by atoms with Crippen LogP contribution in [0.15, 0.2) is 40.9 Å². The summed E-state index contributed by atoms with van der Waals surface area (Å²) in [5.41, 5.74) is 1.62. The van der Waals surface area contributed by atoms with E-state index in [0.29, 0.717) is 17.0 Å². The number of likely N-dealkylation sites (N-methyl/N-ethyl adjacent to an activating group) is 1. The molecule has 0 radical (unpaired) electrons. The molecule has 0 aliphatic rings. The van der Waals surface area contributed by atoms with E-state index in [4.69, 9.17) is 11.6 Å². The van der Waals surface area contributed by atoms with Gasteiger partial charge >= 0.3 is 0 Å².